The highest BCUT2D eigenvalue weighted by Gasteiger charge is 2.06. The van der Waals surface area contributed by atoms with Crippen LogP contribution in [0.15, 0.2) is 42.5 Å². The largest absolute Gasteiger partial charge is 0.492 e. The Bertz CT molecular complexity index is 638. The molecule has 0 unspecified atom stereocenters. The molecule has 2 aromatic rings. The van der Waals surface area contributed by atoms with Gasteiger partial charge in [-0.3, -0.25) is 4.79 Å². The summed E-state index contributed by atoms with van der Waals surface area (Å²) in [5, 5.41) is 2.82. The Kier molecular flexibility index (Phi) is 5.53. The van der Waals surface area contributed by atoms with Crippen LogP contribution in [0.25, 0.3) is 0 Å². The lowest BCUT2D eigenvalue weighted by molar-refractivity contribution is -0.120. The third-order valence-corrected chi connectivity index (χ3v) is 3.36. The van der Waals surface area contributed by atoms with E-state index in [4.69, 9.17) is 4.74 Å². The maximum absolute atomic E-state index is 12.7. The van der Waals surface area contributed by atoms with Gasteiger partial charge < -0.3 is 10.1 Å². The molecule has 0 aliphatic heterocycles. The van der Waals surface area contributed by atoms with Gasteiger partial charge in [0.05, 0.1) is 13.0 Å². The molecule has 0 fully saturated rings. The zero-order valence-electron chi connectivity index (χ0n) is 12.9. The summed E-state index contributed by atoms with van der Waals surface area (Å²) in [4.78, 5) is 11.9. The predicted octanol–water partition coefficient (Wildman–Crippen LogP) is 3.18. The van der Waals surface area contributed by atoms with E-state index in [-0.39, 0.29) is 11.7 Å². The monoisotopic (exact) mass is 301 g/mol. The fourth-order valence-electron chi connectivity index (χ4n) is 2.12. The van der Waals surface area contributed by atoms with E-state index in [9.17, 15) is 9.18 Å². The van der Waals surface area contributed by atoms with E-state index in [0.717, 1.165) is 16.7 Å². The summed E-state index contributed by atoms with van der Waals surface area (Å²) in [6.07, 6.45) is 0.365. The molecular formula is C18H20FNO2. The normalized spacial score (nSPS) is 10.3. The standard InChI is InChI=1S/C18H20FNO2/c1-13-3-4-14(2)15(11-13)12-18(21)20-9-10-22-17-7-5-16(19)6-8-17/h3-8,11H,9-10,12H2,1-2H3,(H,20,21). The number of rotatable bonds is 6. The third-order valence-electron chi connectivity index (χ3n) is 3.36. The number of ether oxygens (including phenoxy) is 1. The average molecular weight is 301 g/mol. The molecule has 3 nitrogen and oxygen atoms in total. The number of halogens is 1. The number of nitrogens with one attached hydrogen (secondary N) is 1. The zero-order chi connectivity index (χ0) is 15.9. The fraction of sp³-hybridized carbons (Fsp3) is 0.278. The fourth-order valence-corrected chi connectivity index (χ4v) is 2.12. The molecule has 2 aromatic carbocycles. The summed E-state index contributed by atoms with van der Waals surface area (Å²) in [6, 6.07) is 11.9. The number of hydrogen-bond acceptors (Lipinski definition) is 2. The molecule has 0 atom stereocenters. The quantitative estimate of drug-likeness (QED) is 0.832. The maximum Gasteiger partial charge on any atom is 0.224 e. The predicted molar refractivity (Wildman–Crippen MR) is 84.5 cm³/mol. The zero-order valence-corrected chi connectivity index (χ0v) is 12.9. The third kappa shape index (κ3) is 4.88. The molecule has 2 rings (SSSR count). The molecule has 0 bridgehead atoms. The van der Waals surface area contributed by atoms with Crippen LogP contribution < -0.4 is 10.1 Å². The van der Waals surface area contributed by atoms with Gasteiger partial charge in [-0.2, -0.15) is 0 Å². The highest BCUT2D eigenvalue weighted by Crippen LogP contribution is 2.12. The molecule has 116 valence electrons. The minimum Gasteiger partial charge on any atom is -0.492 e. The first-order valence-corrected chi connectivity index (χ1v) is 7.26. The van der Waals surface area contributed by atoms with E-state index in [0.29, 0.717) is 25.3 Å². The Hall–Kier alpha value is -2.36. The lowest BCUT2D eigenvalue weighted by Gasteiger charge is -2.09. The van der Waals surface area contributed by atoms with E-state index >= 15 is 0 Å². The highest BCUT2D eigenvalue weighted by molar-refractivity contribution is 5.78. The number of hydrogen-bond donors (Lipinski definition) is 1. The van der Waals surface area contributed by atoms with Gasteiger partial charge in [0.15, 0.2) is 0 Å². The Morgan fingerprint density at radius 3 is 2.59 bits per heavy atom. The first-order valence-electron chi connectivity index (χ1n) is 7.26. The molecule has 0 saturated carbocycles. The van der Waals surface area contributed by atoms with Gasteiger partial charge in [0.2, 0.25) is 5.91 Å². The first-order chi connectivity index (χ1) is 10.5. The molecular weight excluding hydrogens is 281 g/mol. The van der Waals surface area contributed by atoms with Crippen molar-refractivity contribution in [1.82, 2.24) is 5.32 Å². The van der Waals surface area contributed by atoms with Crippen LogP contribution in [-0.4, -0.2) is 19.1 Å². The molecule has 22 heavy (non-hydrogen) atoms. The SMILES string of the molecule is Cc1ccc(C)c(CC(=O)NCCOc2ccc(F)cc2)c1. The van der Waals surface area contributed by atoms with E-state index in [2.05, 4.69) is 5.32 Å². The molecule has 0 aliphatic rings. The van der Waals surface area contributed by atoms with Gasteiger partial charge in [0.1, 0.15) is 18.2 Å². The number of carbonyl (C=O) groups excluding carboxylic acids is 1. The minimum absolute atomic E-state index is 0.0311. The van der Waals surface area contributed by atoms with Gasteiger partial charge in [-0.25, -0.2) is 4.39 Å². The molecule has 0 aromatic heterocycles. The lowest BCUT2D eigenvalue weighted by atomic mass is 10.0. The maximum atomic E-state index is 12.7. The lowest BCUT2D eigenvalue weighted by Crippen LogP contribution is -2.29. The molecule has 0 spiro atoms. The second kappa shape index (κ2) is 7.59. The molecule has 1 amide bonds. The highest BCUT2D eigenvalue weighted by atomic mass is 19.1. The van der Waals surface area contributed by atoms with Crippen molar-refractivity contribution in [2.24, 2.45) is 0 Å². The van der Waals surface area contributed by atoms with Gasteiger partial charge in [-0.05, 0) is 49.2 Å². The Labute approximate surface area is 130 Å². The van der Waals surface area contributed by atoms with Gasteiger partial charge in [-0.15, -0.1) is 0 Å². The van der Waals surface area contributed by atoms with Crippen molar-refractivity contribution in [2.75, 3.05) is 13.2 Å². The summed E-state index contributed by atoms with van der Waals surface area (Å²) < 4.78 is 18.2. The van der Waals surface area contributed by atoms with Crippen LogP contribution in [0.1, 0.15) is 16.7 Å². The number of amides is 1. The second-order valence-corrected chi connectivity index (χ2v) is 5.26. The van der Waals surface area contributed by atoms with Crippen molar-refractivity contribution in [3.63, 3.8) is 0 Å². The van der Waals surface area contributed by atoms with E-state index < -0.39 is 0 Å². The van der Waals surface area contributed by atoms with Crippen LogP contribution in [0, 0.1) is 19.7 Å². The first kappa shape index (κ1) is 16.0. The van der Waals surface area contributed by atoms with Crippen molar-refractivity contribution in [3.05, 3.63) is 65.0 Å². The summed E-state index contributed by atoms with van der Waals surface area (Å²) in [6.45, 7) is 4.78. The van der Waals surface area contributed by atoms with Crippen molar-refractivity contribution < 1.29 is 13.9 Å². The minimum atomic E-state index is -0.297. The van der Waals surface area contributed by atoms with Crippen molar-refractivity contribution in [1.29, 1.82) is 0 Å². The molecule has 0 radical (unpaired) electrons. The second-order valence-electron chi connectivity index (χ2n) is 5.26. The average Bonchev–Trinajstić information content (AvgIpc) is 2.49. The van der Waals surface area contributed by atoms with Gasteiger partial charge in [0, 0.05) is 0 Å². The topological polar surface area (TPSA) is 38.3 Å². The number of aryl methyl sites for hydroxylation is 2. The van der Waals surface area contributed by atoms with Gasteiger partial charge in [-0.1, -0.05) is 23.8 Å². The van der Waals surface area contributed by atoms with Gasteiger partial charge >= 0.3 is 0 Å². The molecule has 0 saturated heterocycles. The Morgan fingerprint density at radius 2 is 1.86 bits per heavy atom. The summed E-state index contributed by atoms with van der Waals surface area (Å²) in [5.41, 5.74) is 3.30. The molecule has 0 aliphatic carbocycles. The van der Waals surface area contributed by atoms with Crippen LogP contribution >= 0.6 is 0 Å². The molecule has 4 heteroatoms. The van der Waals surface area contributed by atoms with E-state index in [1.54, 1.807) is 12.1 Å². The number of benzene rings is 2. The Balaban J connectivity index is 1.74. The van der Waals surface area contributed by atoms with Crippen LogP contribution in [0.5, 0.6) is 5.75 Å². The van der Waals surface area contributed by atoms with Gasteiger partial charge in [0.25, 0.3) is 0 Å². The smallest absolute Gasteiger partial charge is 0.224 e. The van der Waals surface area contributed by atoms with Crippen molar-refractivity contribution in [2.45, 2.75) is 20.3 Å². The van der Waals surface area contributed by atoms with Crippen molar-refractivity contribution >= 4 is 5.91 Å². The van der Waals surface area contributed by atoms with Crippen LogP contribution in [0.2, 0.25) is 0 Å². The Morgan fingerprint density at radius 1 is 1.14 bits per heavy atom. The van der Waals surface area contributed by atoms with Crippen LogP contribution in [-0.2, 0) is 11.2 Å². The van der Waals surface area contributed by atoms with Crippen molar-refractivity contribution in [3.8, 4) is 5.75 Å². The van der Waals surface area contributed by atoms with E-state index in [1.807, 2.05) is 32.0 Å². The van der Waals surface area contributed by atoms with Crippen LogP contribution in [0.4, 0.5) is 4.39 Å². The van der Waals surface area contributed by atoms with E-state index in [1.165, 1.54) is 12.1 Å². The molecule has 0 heterocycles. The summed E-state index contributed by atoms with van der Waals surface area (Å²) in [5.74, 6) is 0.260. The van der Waals surface area contributed by atoms with Crippen LogP contribution in [0.3, 0.4) is 0 Å². The summed E-state index contributed by atoms with van der Waals surface area (Å²) in [7, 11) is 0. The number of carbonyl (C=O) groups is 1. The molecule has 1 N–H and O–H groups in total. The summed E-state index contributed by atoms with van der Waals surface area (Å²) >= 11 is 0.